The Labute approximate surface area is 142 Å². The van der Waals surface area contributed by atoms with Crippen LogP contribution in [0.4, 0.5) is 5.82 Å². The molecule has 4 heterocycles. The van der Waals surface area contributed by atoms with Gasteiger partial charge in [0.15, 0.2) is 23.2 Å². The highest BCUT2D eigenvalue weighted by atomic mass is 16.6. The van der Waals surface area contributed by atoms with Gasteiger partial charge in [-0.15, -0.1) is 0 Å². The van der Waals surface area contributed by atoms with Crippen LogP contribution in [0.2, 0.25) is 0 Å². The van der Waals surface area contributed by atoms with Crippen molar-refractivity contribution in [2.45, 2.75) is 24.5 Å². The Bertz CT molecular complexity index is 736. The maximum Gasteiger partial charge on any atom is 0.172 e. The summed E-state index contributed by atoms with van der Waals surface area (Å²) in [5, 5.41) is 31.4. The molecule has 2 aliphatic heterocycles. The molecule has 11 heteroatoms. The summed E-state index contributed by atoms with van der Waals surface area (Å²) in [5.74, 6) is 0.539. The zero-order valence-electron chi connectivity index (χ0n) is 13.4. The lowest BCUT2D eigenvalue weighted by atomic mass is 10.1. The quantitative estimate of drug-likeness (QED) is 0.493. The molecule has 0 amide bonds. The largest absolute Gasteiger partial charge is 0.394 e. The van der Waals surface area contributed by atoms with Crippen LogP contribution in [0.3, 0.4) is 0 Å². The smallest absolute Gasteiger partial charge is 0.172 e. The Morgan fingerprint density at radius 1 is 1.16 bits per heavy atom. The number of hydrazine groups is 1. The number of hydrogen-bond acceptors (Lipinski definition) is 10. The van der Waals surface area contributed by atoms with Crippen LogP contribution in [0.1, 0.15) is 6.23 Å². The van der Waals surface area contributed by atoms with E-state index in [0.717, 1.165) is 13.1 Å². The van der Waals surface area contributed by atoms with Crippen molar-refractivity contribution in [3.05, 3.63) is 12.7 Å². The summed E-state index contributed by atoms with van der Waals surface area (Å²) < 4.78 is 12.4. The third kappa shape index (κ3) is 2.94. The third-order valence-corrected chi connectivity index (χ3v) is 4.43. The van der Waals surface area contributed by atoms with Crippen molar-refractivity contribution in [1.82, 2.24) is 24.5 Å². The maximum absolute atomic E-state index is 10.2. The number of rotatable bonds is 4. The summed E-state index contributed by atoms with van der Waals surface area (Å²) in [7, 11) is 0. The second-order valence-corrected chi connectivity index (χ2v) is 5.99. The molecule has 0 radical (unpaired) electrons. The zero-order valence-corrected chi connectivity index (χ0v) is 13.4. The van der Waals surface area contributed by atoms with Gasteiger partial charge in [0.1, 0.15) is 24.6 Å². The molecule has 4 rings (SSSR count). The number of aliphatic hydroxyl groups excluding tert-OH is 3. The van der Waals surface area contributed by atoms with Gasteiger partial charge < -0.3 is 30.2 Å². The Morgan fingerprint density at radius 2 is 1.96 bits per heavy atom. The number of aromatic nitrogens is 4. The summed E-state index contributed by atoms with van der Waals surface area (Å²) in [4.78, 5) is 12.8. The average molecular weight is 352 g/mol. The molecule has 0 bridgehead atoms. The van der Waals surface area contributed by atoms with E-state index in [1.165, 1.54) is 17.2 Å². The Morgan fingerprint density at radius 3 is 2.68 bits per heavy atom. The van der Waals surface area contributed by atoms with Crippen molar-refractivity contribution in [3.63, 3.8) is 0 Å². The molecular weight excluding hydrogens is 332 g/mol. The fraction of sp³-hybridized carbons (Fsp3) is 0.643. The number of morpholine rings is 1. The topological polar surface area (TPSA) is 138 Å². The van der Waals surface area contributed by atoms with Crippen LogP contribution in [-0.2, 0) is 9.47 Å². The predicted octanol–water partition coefficient (Wildman–Crippen LogP) is -1.90. The van der Waals surface area contributed by atoms with Crippen LogP contribution in [0, 0.1) is 0 Å². The lowest BCUT2D eigenvalue weighted by Crippen LogP contribution is -2.40. The number of imidazole rings is 1. The molecule has 0 saturated carbocycles. The number of nitrogens with one attached hydrogen (secondary N) is 1. The minimum Gasteiger partial charge on any atom is -0.394 e. The van der Waals surface area contributed by atoms with Crippen molar-refractivity contribution >= 4 is 17.0 Å². The van der Waals surface area contributed by atoms with Crippen molar-refractivity contribution in [2.24, 2.45) is 0 Å². The number of aliphatic hydroxyl groups is 3. The second-order valence-electron chi connectivity index (χ2n) is 5.99. The fourth-order valence-corrected chi connectivity index (χ4v) is 3.05. The van der Waals surface area contributed by atoms with Crippen LogP contribution in [0.5, 0.6) is 0 Å². The molecule has 1 unspecified atom stereocenters. The molecule has 0 spiro atoms. The van der Waals surface area contributed by atoms with E-state index in [4.69, 9.17) is 9.47 Å². The molecule has 4 N–H and O–H groups in total. The maximum atomic E-state index is 10.2. The minimum atomic E-state index is -1.19. The van der Waals surface area contributed by atoms with E-state index in [0.29, 0.717) is 30.2 Å². The van der Waals surface area contributed by atoms with Gasteiger partial charge in [-0.2, -0.15) is 0 Å². The van der Waals surface area contributed by atoms with Gasteiger partial charge in [-0.25, -0.2) is 20.0 Å². The fourth-order valence-electron chi connectivity index (χ4n) is 3.05. The van der Waals surface area contributed by atoms with Crippen molar-refractivity contribution in [2.75, 3.05) is 38.3 Å². The van der Waals surface area contributed by atoms with Gasteiger partial charge in [0.25, 0.3) is 0 Å². The summed E-state index contributed by atoms with van der Waals surface area (Å²) >= 11 is 0. The molecule has 2 aromatic heterocycles. The van der Waals surface area contributed by atoms with Gasteiger partial charge in [0, 0.05) is 13.1 Å². The van der Waals surface area contributed by atoms with Crippen LogP contribution < -0.4 is 5.43 Å². The SMILES string of the molecule is OC[C@H]1OC(n2cnc3c(NN4CCOCC4)ncnc32)[C@H](O)[C@@H]1O. The van der Waals surface area contributed by atoms with E-state index < -0.39 is 24.5 Å². The van der Waals surface area contributed by atoms with E-state index in [-0.39, 0.29) is 6.61 Å². The molecule has 2 saturated heterocycles. The van der Waals surface area contributed by atoms with Crippen molar-refractivity contribution in [1.29, 1.82) is 0 Å². The Kier molecular flexibility index (Phi) is 4.50. The molecule has 2 fully saturated rings. The zero-order chi connectivity index (χ0) is 17.4. The van der Waals surface area contributed by atoms with Crippen molar-refractivity contribution < 1.29 is 24.8 Å². The van der Waals surface area contributed by atoms with Gasteiger partial charge in [-0.1, -0.05) is 0 Å². The Hall–Kier alpha value is -1.89. The third-order valence-electron chi connectivity index (χ3n) is 4.43. The summed E-state index contributed by atoms with van der Waals surface area (Å²) in [5.41, 5.74) is 4.18. The first-order chi connectivity index (χ1) is 12.2. The van der Waals surface area contributed by atoms with E-state index >= 15 is 0 Å². The average Bonchev–Trinajstić information content (AvgIpc) is 3.18. The number of ether oxygens (including phenoxy) is 2. The second kappa shape index (κ2) is 6.78. The molecule has 25 heavy (non-hydrogen) atoms. The van der Waals surface area contributed by atoms with Crippen LogP contribution in [0.15, 0.2) is 12.7 Å². The first-order valence-corrected chi connectivity index (χ1v) is 8.08. The van der Waals surface area contributed by atoms with Gasteiger partial charge in [0.2, 0.25) is 0 Å². The Balaban J connectivity index is 1.62. The highest BCUT2D eigenvalue weighted by Gasteiger charge is 2.44. The van der Waals surface area contributed by atoms with E-state index in [1.807, 2.05) is 5.01 Å². The normalized spacial score (nSPS) is 30.8. The predicted molar refractivity (Wildman–Crippen MR) is 84.3 cm³/mol. The molecule has 136 valence electrons. The van der Waals surface area contributed by atoms with Gasteiger partial charge >= 0.3 is 0 Å². The van der Waals surface area contributed by atoms with Gasteiger partial charge in [-0.3, -0.25) is 4.57 Å². The highest BCUT2D eigenvalue weighted by molar-refractivity contribution is 5.82. The molecule has 2 aliphatic rings. The minimum absolute atomic E-state index is 0.389. The lowest BCUT2D eigenvalue weighted by Gasteiger charge is -2.27. The molecule has 0 aromatic carbocycles. The standard InChI is InChI=1S/C14H20N6O5/c21-5-8-10(22)11(23)14(25-8)20-7-17-9-12(15-6-16-13(9)20)18-19-1-3-24-4-2-19/h6-8,10-11,14,21-23H,1-5H2,(H,15,16,18)/t8-,10-,11-,14?/m1/s1. The molecule has 11 nitrogen and oxygen atoms in total. The highest BCUT2D eigenvalue weighted by Crippen LogP contribution is 2.32. The molecule has 2 aromatic rings. The van der Waals surface area contributed by atoms with Crippen LogP contribution in [0.25, 0.3) is 11.2 Å². The summed E-state index contributed by atoms with van der Waals surface area (Å²) in [6.07, 6.45) is -1.25. The molecule has 4 atom stereocenters. The molecule has 0 aliphatic carbocycles. The van der Waals surface area contributed by atoms with E-state index in [9.17, 15) is 15.3 Å². The number of nitrogens with zero attached hydrogens (tertiary/aromatic N) is 5. The summed E-state index contributed by atoms with van der Waals surface area (Å²) in [6, 6.07) is 0. The number of hydrogen-bond donors (Lipinski definition) is 4. The first kappa shape index (κ1) is 16.6. The van der Waals surface area contributed by atoms with E-state index in [2.05, 4.69) is 20.4 Å². The van der Waals surface area contributed by atoms with Gasteiger partial charge in [-0.05, 0) is 0 Å². The number of anilines is 1. The summed E-state index contributed by atoms with van der Waals surface area (Å²) in [6.45, 7) is 2.33. The van der Waals surface area contributed by atoms with E-state index in [1.54, 1.807) is 0 Å². The lowest BCUT2D eigenvalue weighted by molar-refractivity contribution is -0.0511. The van der Waals surface area contributed by atoms with Crippen LogP contribution in [-0.4, -0.2) is 91.1 Å². The number of fused-ring (bicyclic) bond motifs is 1. The molecular formula is C14H20N6O5. The van der Waals surface area contributed by atoms with Crippen LogP contribution >= 0.6 is 0 Å². The first-order valence-electron chi connectivity index (χ1n) is 8.08. The van der Waals surface area contributed by atoms with Crippen molar-refractivity contribution in [3.8, 4) is 0 Å². The monoisotopic (exact) mass is 352 g/mol. The van der Waals surface area contributed by atoms with Gasteiger partial charge in [0.05, 0.1) is 26.1 Å².